The molecule has 0 aliphatic heterocycles. The zero-order valence-electron chi connectivity index (χ0n) is 11.6. The van der Waals surface area contributed by atoms with Crippen molar-refractivity contribution < 1.29 is 11.3 Å². The number of hydrogen-bond donors (Lipinski definition) is 0. The Morgan fingerprint density at radius 2 is 1.54 bits per heavy atom. The van der Waals surface area contributed by atoms with Gasteiger partial charge in [-0.05, 0) is 12.1 Å². The minimum Gasteiger partial charge on any atom is -0.456 e. The van der Waals surface area contributed by atoms with Crippen molar-refractivity contribution in [3.63, 3.8) is 0 Å². The zero-order chi connectivity index (χ0) is 13.0. The minimum atomic E-state index is -0.182. The number of para-hydroxylation sites is 2. The van der Waals surface area contributed by atoms with Crippen molar-refractivity contribution in [3.05, 3.63) is 48.4 Å². The molecular weight excluding hydrogens is 160 g/mol. The molecule has 0 radical (unpaired) electrons. The Bertz CT molecular complexity index is 790. The number of fused-ring (bicyclic) bond motifs is 3. The number of furan rings is 1. The largest absolute Gasteiger partial charge is 0.456 e. The Kier molecular flexibility index (Phi) is 0.644. The Hall–Kier alpha value is -1.76. The average Bonchev–Trinajstić information content (AvgIpc) is 2.66. The third-order valence-corrected chi connectivity index (χ3v) is 1.98. The van der Waals surface area contributed by atoms with E-state index in [2.05, 4.69) is 0 Å². The topological polar surface area (TPSA) is 13.1 Å². The lowest BCUT2D eigenvalue weighted by molar-refractivity contribution is 0.669. The normalized spacial score (nSPS) is 16.5. The highest BCUT2D eigenvalue weighted by atomic mass is 16.3. The molecule has 0 saturated carbocycles. The van der Waals surface area contributed by atoms with Crippen LogP contribution in [0.5, 0.6) is 0 Å². The van der Waals surface area contributed by atoms with Gasteiger partial charge in [0.15, 0.2) is 0 Å². The molecule has 0 fully saturated rings. The second-order valence-corrected chi connectivity index (χ2v) is 2.74. The van der Waals surface area contributed by atoms with Crippen molar-refractivity contribution in [2.45, 2.75) is 0 Å². The fourth-order valence-corrected chi connectivity index (χ4v) is 1.39. The van der Waals surface area contributed by atoms with Crippen LogP contribution in [0.4, 0.5) is 0 Å². The van der Waals surface area contributed by atoms with E-state index in [1.165, 1.54) is 18.2 Å². The van der Waals surface area contributed by atoms with Gasteiger partial charge in [-0.15, -0.1) is 0 Å². The standard InChI is InChI=1S/C12H8O/c1-3-7-11-9(5-1)10-6-2-4-8-12(10)13-11/h1-8H/i1D,2D,3D,4D,7D. The predicted molar refractivity (Wildman–Crippen MR) is 53.7 cm³/mol. The number of benzene rings is 2. The van der Waals surface area contributed by atoms with Gasteiger partial charge < -0.3 is 4.42 Å². The Labute approximate surface area is 82.6 Å². The molecule has 13 heavy (non-hydrogen) atoms. The van der Waals surface area contributed by atoms with E-state index in [-0.39, 0.29) is 35.8 Å². The molecule has 0 spiro atoms. The second kappa shape index (κ2) is 2.36. The zero-order valence-corrected chi connectivity index (χ0v) is 6.64. The van der Waals surface area contributed by atoms with Crippen molar-refractivity contribution in [1.29, 1.82) is 0 Å². The lowest BCUT2D eigenvalue weighted by Crippen LogP contribution is -1.62. The van der Waals surface area contributed by atoms with Gasteiger partial charge in [-0.2, -0.15) is 0 Å². The average molecular weight is 173 g/mol. The van der Waals surface area contributed by atoms with Crippen LogP contribution >= 0.6 is 0 Å². The lowest BCUT2D eigenvalue weighted by atomic mass is 10.2. The molecule has 62 valence electrons. The fraction of sp³-hybridized carbons (Fsp3) is 0. The number of rotatable bonds is 0. The van der Waals surface area contributed by atoms with E-state index in [1.54, 1.807) is 0 Å². The van der Waals surface area contributed by atoms with Crippen molar-refractivity contribution >= 4 is 21.9 Å². The summed E-state index contributed by atoms with van der Waals surface area (Å²) in [7, 11) is 0. The molecule has 0 atom stereocenters. The van der Waals surface area contributed by atoms with Gasteiger partial charge in [-0.25, -0.2) is 0 Å². The third-order valence-electron chi connectivity index (χ3n) is 1.98. The smallest absolute Gasteiger partial charge is 0.135 e. The highest BCUT2D eigenvalue weighted by Gasteiger charge is 2.02. The van der Waals surface area contributed by atoms with Gasteiger partial charge in [0.25, 0.3) is 0 Å². The van der Waals surface area contributed by atoms with E-state index in [1.807, 2.05) is 0 Å². The lowest BCUT2D eigenvalue weighted by Gasteiger charge is -1.85. The van der Waals surface area contributed by atoms with Crippen LogP contribution in [0.1, 0.15) is 6.85 Å². The summed E-state index contributed by atoms with van der Waals surface area (Å²) in [5.41, 5.74) is 0.639. The maximum Gasteiger partial charge on any atom is 0.135 e. The van der Waals surface area contributed by atoms with E-state index in [9.17, 15) is 0 Å². The summed E-state index contributed by atoms with van der Waals surface area (Å²) in [6.07, 6.45) is 0. The van der Waals surface area contributed by atoms with Crippen molar-refractivity contribution in [2.24, 2.45) is 0 Å². The molecule has 0 amide bonds. The molecule has 0 aliphatic rings. The second-order valence-electron chi connectivity index (χ2n) is 2.74. The summed E-state index contributed by atoms with van der Waals surface area (Å²) in [6.45, 7) is 0. The van der Waals surface area contributed by atoms with Crippen molar-refractivity contribution in [1.82, 2.24) is 0 Å². The van der Waals surface area contributed by atoms with Crippen LogP contribution in [-0.2, 0) is 0 Å². The van der Waals surface area contributed by atoms with Gasteiger partial charge in [-0.3, -0.25) is 0 Å². The molecule has 0 unspecified atom stereocenters. The van der Waals surface area contributed by atoms with E-state index in [0.717, 1.165) is 0 Å². The van der Waals surface area contributed by atoms with E-state index in [4.69, 9.17) is 11.3 Å². The Balaban J connectivity index is 2.56. The van der Waals surface area contributed by atoms with Gasteiger partial charge in [0.1, 0.15) is 11.2 Å². The Morgan fingerprint density at radius 1 is 0.846 bits per heavy atom. The Morgan fingerprint density at radius 3 is 2.46 bits per heavy atom. The van der Waals surface area contributed by atoms with Gasteiger partial charge in [-0.1, -0.05) is 36.3 Å². The molecule has 0 saturated heterocycles. The van der Waals surface area contributed by atoms with Crippen LogP contribution in [0.25, 0.3) is 21.9 Å². The fourth-order valence-electron chi connectivity index (χ4n) is 1.39. The number of hydrogen-bond acceptors (Lipinski definition) is 1. The van der Waals surface area contributed by atoms with Gasteiger partial charge >= 0.3 is 0 Å². The maximum atomic E-state index is 7.77. The molecule has 1 aromatic heterocycles. The molecule has 2 aromatic carbocycles. The molecule has 3 aromatic rings. The monoisotopic (exact) mass is 173 g/mol. The predicted octanol–water partition coefficient (Wildman–Crippen LogP) is 3.59. The van der Waals surface area contributed by atoms with Crippen LogP contribution in [0.15, 0.2) is 52.8 Å². The summed E-state index contributed by atoms with van der Waals surface area (Å²) in [5.74, 6) is 0. The van der Waals surface area contributed by atoms with E-state index in [0.29, 0.717) is 16.4 Å². The van der Waals surface area contributed by atoms with E-state index < -0.39 is 0 Å². The van der Waals surface area contributed by atoms with Crippen LogP contribution in [0, 0.1) is 0 Å². The molecule has 1 nitrogen and oxygen atoms in total. The molecule has 0 aliphatic carbocycles. The SMILES string of the molecule is [2H]c1cc2oc3c([2H])c([2H])c([2H])cc3c2cc1[2H]. The van der Waals surface area contributed by atoms with E-state index >= 15 is 0 Å². The molecule has 3 rings (SSSR count). The molecular formula is C12H8O. The molecule has 0 N–H and O–H groups in total. The molecule has 1 heterocycles. The van der Waals surface area contributed by atoms with Crippen LogP contribution in [0.3, 0.4) is 0 Å². The molecule has 0 bridgehead atoms. The molecule has 1 heteroatoms. The summed E-state index contributed by atoms with van der Waals surface area (Å²) in [4.78, 5) is 0. The highest BCUT2D eigenvalue weighted by Crippen LogP contribution is 2.27. The highest BCUT2D eigenvalue weighted by molar-refractivity contribution is 6.04. The van der Waals surface area contributed by atoms with Gasteiger partial charge in [0, 0.05) is 10.8 Å². The van der Waals surface area contributed by atoms with Crippen molar-refractivity contribution in [3.8, 4) is 0 Å². The van der Waals surface area contributed by atoms with Crippen LogP contribution in [0.2, 0.25) is 0 Å². The van der Waals surface area contributed by atoms with Crippen molar-refractivity contribution in [2.75, 3.05) is 0 Å². The van der Waals surface area contributed by atoms with Crippen LogP contribution in [-0.4, -0.2) is 0 Å². The first-order chi connectivity index (χ1) is 8.49. The van der Waals surface area contributed by atoms with Gasteiger partial charge in [0.05, 0.1) is 6.85 Å². The minimum absolute atomic E-state index is 0.0447. The van der Waals surface area contributed by atoms with Gasteiger partial charge in [0.2, 0.25) is 0 Å². The quantitative estimate of drug-likeness (QED) is 0.506. The third kappa shape index (κ3) is 0.872. The van der Waals surface area contributed by atoms with Crippen LogP contribution < -0.4 is 0 Å². The first kappa shape index (κ1) is 3.54. The first-order valence-electron chi connectivity index (χ1n) is 6.39. The summed E-state index contributed by atoms with van der Waals surface area (Å²) >= 11 is 0. The summed E-state index contributed by atoms with van der Waals surface area (Å²) < 4.78 is 43.6. The maximum absolute atomic E-state index is 7.77. The summed E-state index contributed by atoms with van der Waals surface area (Å²) in [6, 6.07) is 4.13. The summed E-state index contributed by atoms with van der Waals surface area (Å²) in [5, 5.41) is 1.15. The first-order valence-corrected chi connectivity index (χ1v) is 3.89.